The molecule has 1 heterocycles. The zero-order valence-electron chi connectivity index (χ0n) is 14.4. The van der Waals surface area contributed by atoms with E-state index in [1.807, 2.05) is 0 Å². The van der Waals surface area contributed by atoms with Gasteiger partial charge in [-0.3, -0.25) is 4.90 Å². The fraction of sp³-hybridized carbons (Fsp3) is 0.882. The average Bonchev–Trinajstić information content (AvgIpc) is 3.17. The van der Waals surface area contributed by atoms with Crippen LogP contribution in [0.1, 0.15) is 53.9 Å². The zero-order valence-corrected chi connectivity index (χ0v) is 14.4. The van der Waals surface area contributed by atoms with Crippen LogP contribution in [-0.2, 0) is 14.3 Å². The van der Waals surface area contributed by atoms with E-state index < -0.39 is 6.04 Å². The lowest BCUT2D eigenvalue weighted by atomic mass is 9.75. The molecule has 126 valence electrons. The second kappa shape index (κ2) is 6.88. The summed E-state index contributed by atoms with van der Waals surface area (Å²) in [4.78, 5) is 25.5. The monoisotopic (exact) mass is 311 g/mol. The van der Waals surface area contributed by atoms with Crippen molar-refractivity contribution in [1.82, 2.24) is 4.90 Å². The lowest BCUT2D eigenvalue weighted by molar-refractivity contribution is -0.147. The van der Waals surface area contributed by atoms with E-state index in [0.717, 1.165) is 12.8 Å². The Bertz CT molecular complexity index is 421. The minimum Gasteiger partial charge on any atom is -0.461 e. The van der Waals surface area contributed by atoms with Crippen LogP contribution in [0.2, 0.25) is 0 Å². The molecule has 5 nitrogen and oxygen atoms in total. The van der Waals surface area contributed by atoms with Crippen LogP contribution in [0.4, 0.5) is 4.79 Å². The highest BCUT2D eigenvalue weighted by Crippen LogP contribution is 2.36. The van der Waals surface area contributed by atoms with Crippen LogP contribution < -0.4 is 0 Å². The van der Waals surface area contributed by atoms with Gasteiger partial charge in [0.1, 0.15) is 6.10 Å². The Hall–Kier alpha value is -1.26. The van der Waals surface area contributed by atoms with Crippen LogP contribution in [0.3, 0.4) is 0 Å². The number of carbonyl (C=O) groups is 2. The molecule has 0 aromatic rings. The number of hydrogen-bond donors (Lipinski definition) is 0. The molecule has 4 unspecified atom stereocenters. The van der Waals surface area contributed by atoms with E-state index in [2.05, 4.69) is 20.8 Å². The van der Waals surface area contributed by atoms with Crippen molar-refractivity contribution in [2.45, 2.75) is 72.1 Å². The second-order valence-electron chi connectivity index (χ2n) is 7.40. The molecule has 2 aliphatic rings. The van der Waals surface area contributed by atoms with E-state index in [4.69, 9.17) is 9.47 Å². The van der Waals surface area contributed by atoms with Gasteiger partial charge in [-0.2, -0.15) is 0 Å². The molecule has 2 fully saturated rings. The van der Waals surface area contributed by atoms with Crippen molar-refractivity contribution >= 4 is 12.1 Å². The largest absolute Gasteiger partial charge is 0.461 e. The molecule has 0 aromatic heterocycles. The Morgan fingerprint density at radius 1 is 1.14 bits per heavy atom. The van der Waals surface area contributed by atoms with Crippen LogP contribution in [0.25, 0.3) is 0 Å². The summed E-state index contributed by atoms with van der Waals surface area (Å²) in [5.41, 5.74) is 0. The molecule has 1 saturated carbocycles. The predicted molar refractivity (Wildman–Crippen MR) is 83.3 cm³/mol. The predicted octanol–water partition coefficient (Wildman–Crippen LogP) is 3.22. The molecule has 0 bridgehead atoms. The molecule has 5 heteroatoms. The van der Waals surface area contributed by atoms with Gasteiger partial charge in [-0.05, 0) is 44.4 Å². The van der Waals surface area contributed by atoms with Gasteiger partial charge in [-0.1, -0.05) is 27.2 Å². The maximum Gasteiger partial charge on any atom is 0.410 e. The number of esters is 1. The minimum absolute atomic E-state index is 0.0291. The van der Waals surface area contributed by atoms with Crippen LogP contribution in [0, 0.1) is 17.8 Å². The van der Waals surface area contributed by atoms with Crippen LogP contribution in [0.15, 0.2) is 0 Å². The van der Waals surface area contributed by atoms with Gasteiger partial charge < -0.3 is 9.47 Å². The van der Waals surface area contributed by atoms with E-state index >= 15 is 0 Å². The fourth-order valence-corrected chi connectivity index (χ4v) is 3.30. The van der Waals surface area contributed by atoms with Crippen molar-refractivity contribution in [2.75, 3.05) is 6.54 Å². The minimum atomic E-state index is -0.451. The van der Waals surface area contributed by atoms with Gasteiger partial charge in [0.25, 0.3) is 0 Å². The van der Waals surface area contributed by atoms with Crippen molar-refractivity contribution in [1.29, 1.82) is 0 Å². The maximum absolute atomic E-state index is 12.2. The van der Waals surface area contributed by atoms with E-state index in [-0.39, 0.29) is 24.3 Å². The molecule has 2 rings (SSSR count). The number of nitrogens with zero attached hydrogens (tertiary/aromatic N) is 1. The standard InChI is InChI=1S/C17H29NO4/c1-10(2)13-7-6-12(5)8-15(13)22-17(20)18-9-14(18)16(19)21-11(3)4/h10-15H,6-9H2,1-5H3. The van der Waals surface area contributed by atoms with Gasteiger partial charge in [-0.15, -0.1) is 0 Å². The molecule has 1 aliphatic carbocycles. The van der Waals surface area contributed by atoms with E-state index in [1.165, 1.54) is 11.3 Å². The first kappa shape index (κ1) is 17.1. The molecule has 0 N–H and O–H groups in total. The Kier molecular flexibility index (Phi) is 5.35. The number of ether oxygens (including phenoxy) is 2. The van der Waals surface area contributed by atoms with Crippen LogP contribution in [0.5, 0.6) is 0 Å². The molecule has 22 heavy (non-hydrogen) atoms. The third-order valence-electron chi connectivity index (χ3n) is 4.68. The van der Waals surface area contributed by atoms with Crippen molar-refractivity contribution in [3.8, 4) is 0 Å². The Morgan fingerprint density at radius 2 is 1.82 bits per heavy atom. The zero-order chi connectivity index (χ0) is 16.4. The average molecular weight is 311 g/mol. The lowest BCUT2D eigenvalue weighted by Gasteiger charge is -2.36. The Balaban J connectivity index is 1.87. The summed E-state index contributed by atoms with van der Waals surface area (Å²) in [6, 6.07) is -0.451. The molecular formula is C17H29NO4. The van der Waals surface area contributed by atoms with Gasteiger partial charge in [0.2, 0.25) is 0 Å². The van der Waals surface area contributed by atoms with Crippen LogP contribution >= 0.6 is 0 Å². The van der Waals surface area contributed by atoms with E-state index in [1.54, 1.807) is 13.8 Å². The van der Waals surface area contributed by atoms with Gasteiger partial charge in [0, 0.05) is 0 Å². The first-order valence-electron chi connectivity index (χ1n) is 8.47. The van der Waals surface area contributed by atoms with Crippen molar-refractivity contribution in [2.24, 2.45) is 17.8 Å². The number of amides is 1. The normalized spacial score (nSPS) is 31.3. The summed E-state index contributed by atoms with van der Waals surface area (Å²) >= 11 is 0. The summed E-state index contributed by atoms with van der Waals surface area (Å²) in [6.07, 6.45) is 2.67. The second-order valence-corrected chi connectivity index (χ2v) is 7.40. The first-order valence-corrected chi connectivity index (χ1v) is 8.47. The summed E-state index contributed by atoms with van der Waals surface area (Å²) in [6.45, 7) is 10.6. The summed E-state index contributed by atoms with van der Waals surface area (Å²) in [5, 5.41) is 0. The molecule has 1 saturated heterocycles. The molecule has 0 radical (unpaired) electrons. The molecule has 4 atom stereocenters. The van der Waals surface area contributed by atoms with E-state index in [0.29, 0.717) is 24.3 Å². The fourth-order valence-electron chi connectivity index (χ4n) is 3.30. The highest BCUT2D eigenvalue weighted by atomic mass is 16.6. The topological polar surface area (TPSA) is 55.6 Å². The van der Waals surface area contributed by atoms with Crippen molar-refractivity contribution in [3.63, 3.8) is 0 Å². The van der Waals surface area contributed by atoms with Crippen LogP contribution in [-0.4, -0.2) is 41.8 Å². The smallest absolute Gasteiger partial charge is 0.410 e. The van der Waals surface area contributed by atoms with E-state index in [9.17, 15) is 9.59 Å². The molecule has 1 amide bonds. The summed E-state index contributed by atoms with van der Waals surface area (Å²) in [7, 11) is 0. The quantitative estimate of drug-likeness (QED) is 0.591. The summed E-state index contributed by atoms with van der Waals surface area (Å²) in [5.74, 6) is 1.18. The van der Waals surface area contributed by atoms with Gasteiger partial charge >= 0.3 is 12.1 Å². The molecule has 1 aliphatic heterocycles. The number of hydrogen-bond acceptors (Lipinski definition) is 4. The molecule has 0 spiro atoms. The molecular weight excluding hydrogens is 282 g/mol. The van der Waals surface area contributed by atoms with Gasteiger partial charge in [0.15, 0.2) is 6.04 Å². The maximum atomic E-state index is 12.2. The highest BCUT2D eigenvalue weighted by molar-refractivity contribution is 5.87. The van der Waals surface area contributed by atoms with Crippen molar-refractivity contribution in [3.05, 3.63) is 0 Å². The third-order valence-corrected chi connectivity index (χ3v) is 4.68. The van der Waals surface area contributed by atoms with Crippen molar-refractivity contribution < 1.29 is 19.1 Å². The van der Waals surface area contributed by atoms with Gasteiger partial charge in [0.05, 0.1) is 12.6 Å². The highest BCUT2D eigenvalue weighted by Gasteiger charge is 2.48. The summed E-state index contributed by atoms with van der Waals surface area (Å²) < 4.78 is 10.9. The van der Waals surface area contributed by atoms with Gasteiger partial charge in [-0.25, -0.2) is 9.59 Å². The first-order chi connectivity index (χ1) is 10.3. The SMILES string of the molecule is CC1CCC(C(C)C)C(OC(=O)N2CC2C(=O)OC(C)C)C1. The number of rotatable bonds is 4. The lowest BCUT2D eigenvalue weighted by Crippen LogP contribution is -2.37. The third kappa shape index (κ3) is 4.14. The Labute approximate surface area is 133 Å². The number of carbonyl (C=O) groups excluding carboxylic acids is 2. The molecule has 0 aromatic carbocycles. The Morgan fingerprint density at radius 3 is 2.41 bits per heavy atom.